The molecule has 0 bridgehead atoms. The summed E-state index contributed by atoms with van der Waals surface area (Å²) in [5.41, 5.74) is 1.09. The van der Waals surface area contributed by atoms with Crippen LogP contribution in [0.15, 0.2) is 30.3 Å². The van der Waals surface area contributed by atoms with Gasteiger partial charge in [0.25, 0.3) is 6.43 Å². The molecule has 1 fully saturated rings. The lowest BCUT2D eigenvalue weighted by Crippen LogP contribution is -2.48. The van der Waals surface area contributed by atoms with Crippen LogP contribution in [0.1, 0.15) is 55.6 Å². The van der Waals surface area contributed by atoms with Gasteiger partial charge in [0, 0.05) is 35.1 Å². The summed E-state index contributed by atoms with van der Waals surface area (Å²) in [7, 11) is 2.03. The van der Waals surface area contributed by atoms with E-state index in [2.05, 4.69) is 20.4 Å². The van der Waals surface area contributed by atoms with E-state index in [4.69, 9.17) is 4.74 Å². The third-order valence-corrected chi connectivity index (χ3v) is 7.67. The maximum Gasteiger partial charge on any atom is 0.266 e. The number of morpholine rings is 1. The third-order valence-electron chi connectivity index (χ3n) is 7.67. The number of fused-ring (bicyclic) bond motifs is 2. The molecule has 1 saturated heterocycles. The molecule has 0 unspecified atom stereocenters. The molecule has 3 aromatic rings. The molecule has 2 aliphatic rings. The fourth-order valence-electron chi connectivity index (χ4n) is 5.43. The van der Waals surface area contributed by atoms with Gasteiger partial charge in [0.15, 0.2) is 5.82 Å². The van der Waals surface area contributed by atoms with Gasteiger partial charge in [-0.05, 0) is 52.4 Å². The van der Waals surface area contributed by atoms with Crippen molar-refractivity contribution in [1.82, 2.24) is 15.1 Å². The summed E-state index contributed by atoms with van der Waals surface area (Å²) in [4.78, 5) is 17.6. The third kappa shape index (κ3) is 4.49. The highest BCUT2D eigenvalue weighted by Gasteiger charge is 2.45. The first-order chi connectivity index (χ1) is 18.0. The molecule has 10 heteroatoms. The Labute approximate surface area is 220 Å². The Morgan fingerprint density at radius 1 is 1.18 bits per heavy atom. The number of carbonyl (C=O) groups excluding carboxylic acids is 1. The first kappa shape index (κ1) is 26.4. The lowest BCUT2D eigenvalue weighted by atomic mass is 9.85. The second-order valence-electron chi connectivity index (χ2n) is 10.8. The summed E-state index contributed by atoms with van der Waals surface area (Å²) in [6.45, 7) is 9.97. The molecule has 1 aromatic heterocycles. The largest absolute Gasteiger partial charge is 0.374 e. The van der Waals surface area contributed by atoms with Gasteiger partial charge in [-0.3, -0.25) is 4.79 Å². The first-order valence-electron chi connectivity index (χ1n) is 12.8. The normalized spacial score (nSPS) is 20.3. The number of alkyl halides is 2. The lowest BCUT2D eigenvalue weighted by molar-refractivity contribution is -0.122. The Bertz CT molecular complexity index is 1400. The number of rotatable bonds is 6. The second-order valence-corrected chi connectivity index (χ2v) is 10.8. The lowest BCUT2D eigenvalue weighted by Gasteiger charge is -2.33. The summed E-state index contributed by atoms with van der Waals surface area (Å²) in [5, 5.41) is 13.3. The maximum absolute atomic E-state index is 14.8. The van der Waals surface area contributed by atoms with Gasteiger partial charge in [0.05, 0.1) is 42.0 Å². The molecule has 38 heavy (non-hydrogen) atoms. The summed E-state index contributed by atoms with van der Waals surface area (Å²) >= 11 is 0. The molecule has 2 atom stereocenters. The van der Waals surface area contributed by atoms with E-state index in [1.807, 2.05) is 40.0 Å². The number of aryl methyl sites for hydroxylation is 1. The van der Waals surface area contributed by atoms with Crippen LogP contribution >= 0.6 is 0 Å². The van der Waals surface area contributed by atoms with E-state index in [0.717, 1.165) is 35.8 Å². The van der Waals surface area contributed by atoms with Crippen LogP contribution in [0.3, 0.4) is 0 Å². The van der Waals surface area contributed by atoms with Crippen LogP contribution in [0.25, 0.3) is 10.8 Å². The van der Waals surface area contributed by atoms with E-state index < -0.39 is 29.3 Å². The van der Waals surface area contributed by atoms with E-state index in [0.29, 0.717) is 30.0 Å². The Hall–Kier alpha value is -3.24. The molecule has 0 radical (unpaired) electrons. The molecule has 7 nitrogen and oxygen atoms in total. The Balaban J connectivity index is 1.55. The molecule has 1 amide bonds. The van der Waals surface area contributed by atoms with Crippen molar-refractivity contribution < 1.29 is 22.7 Å². The van der Waals surface area contributed by atoms with Crippen LogP contribution in [0, 0.1) is 12.7 Å². The minimum atomic E-state index is -2.91. The molecular formula is C28H32F3N5O2. The van der Waals surface area contributed by atoms with Crippen LogP contribution in [-0.4, -0.2) is 60.4 Å². The van der Waals surface area contributed by atoms with Crippen molar-refractivity contribution in [2.45, 2.75) is 51.7 Å². The molecule has 0 aliphatic carbocycles. The summed E-state index contributed by atoms with van der Waals surface area (Å²) in [6, 6.07) is 7.22. The molecule has 5 rings (SSSR count). The zero-order valence-electron chi connectivity index (χ0n) is 22.2. The van der Waals surface area contributed by atoms with E-state index in [9.17, 15) is 18.0 Å². The van der Waals surface area contributed by atoms with Crippen molar-refractivity contribution >= 4 is 28.2 Å². The number of nitrogens with one attached hydrogen (secondary N) is 1. The van der Waals surface area contributed by atoms with Gasteiger partial charge < -0.3 is 19.9 Å². The molecule has 3 heterocycles. The average molecular weight is 528 g/mol. The fourth-order valence-corrected chi connectivity index (χ4v) is 5.43. The van der Waals surface area contributed by atoms with Crippen LogP contribution in [-0.2, 0) is 14.9 Å². The van der Waals surface area contributed by atoms with Crippen LogP contribution < -0.4 is 10.2 Å². The van der Waals surface area contributed by atoms with Crippen LogP contribution in [0.4, 0.5) is 24.7 Å². The van der Waals surface area contributed by atoms with Gasteiger partial charge in [0.1, 0.15) is 5.82 Å². The molecule has 2 aliphatic heterocycles. The summed E-state index contributed by atoms with van der Waals surface area (Å²) in [6.07, 6.45) is -3.03. The zero-order chi connectivity index (χ0) is 27.4. The van der Waals surface area contributed by atoms with Crippen molar-refractivity contribution in [3.8, 4) is 0 Å². The van der Waals surface area contributed by atoms with Gasteiger partial charge >= 0.3 is 0 Å². The minimum Gasteiger partial charge on any atom is -0.374 e. The summed E-state index contributed by atoms with van der Waals surface area (Å²) < 4.78 is 47.3. The van der Waals surface area contributed by atoms with E-state index in [1.54, 1.807) is 11.8 Å². The van der Waals surface area contributed by atoms with Gasteiger partial charge in [-0.15, -0.1) is 5.10 Å². The number of hydrogen-bond acceptors (Lipinski definition) is 6. The number of carbonyl (C=O) groups is 1. The van der Waals surface area contributed by atoms with Crippen molar-refractivity contribution in [2.24, 2.45) is 0 Å². The number of amides is 1. The highest BCUT2D eigenvalue weighted by atomic mass is 19.3. The molecule has 0 saturated carbocycles. The van der Waals surface area contributed by atoms with Gasteiger partial charge in [-0.25, -0.2) is 13.2 Å². The highest BCUT2D eigenvalue weighted by molar-refractivity contribution is 6.11. The van der Waals surface area contributed by atoms with E-state index in [-0.39, 0.29) is 17.6 Å². The molecule has 1 N–H and O–H groups in total. The highest BCUT2D eigenvalue weighted by Crippen LogP contribution is 2.45. The van der Waals surface area contributed by atoms with Crippen LogP contribution in [0.2, 0.25) is 0 Å². The number of hydrogen-bond donors (Lipinski definition) is 1. The summed E-state index contributed by atoms with van der Waals surface area (Å²) in [5.74, 6) is -0.566. The van der Waals surface area contributed by atoms with E-state index >= 15 is 0 Å². The monoisotopic (exact) mass is 527 g/mol. The number of benzene rings is 2. The number of nitrogens with zero attached hydrogens (tertiary/aromatic N) is 4. The Morgan fingerprint density at radius 3 is 2.63 bits per heavy atom. The van der Waals surface area contributed by atoms with Gasteiger partial charge in [0.2, 0.25) is 5.91 Å². The quantitative estimate of drug-likeness (QED) is 0.479. The smallest absolute Gasteiger partial charge is 0.266 e. The number of halogens is 3. The Morgan fingerprint density at radius 2 is 1.92 bits per heavy atom. The van der Waals surface area contributed by atoms with Gasteiger partial charge in [-0.1, -0.05) is 18.2 Å². The number of likely N-dealkylation sites (N-methyl/N-ethyl adjacent to an activating group) is 1. The van der Waals surface area contributed by atoms with Crippen LogP contribution in [0.5, 0.6) is 0 Å². The van der Waals surface area contributed by atoms with Crippen molar-refractivity contribution in [3.05, 3.63) is 58.5 Å². The molecule has 2 aromatic carbocycles. The standard InChI is InChI=1S/C28H32F3N5O2/c1-15(18-7-6-8-19(24(18)29)25(30)31)32-26-21-12-23-22(11-20(21)16(2)33-34-26)28(3,4)27(37)36(23)14-17-13-35(5)9-10-38-17/h6-8,11-12,15,17,25H,9-10,13-14H2,1-5H3,(H,32,34)/t15-,17+/m1/s1. The number of ether oxygens (including phenoxy) is 1. The van der Waals surface area contributed by atoms with Gasteiger partial charge in [-0.2, -0.15) is 5.10 Å². The number of anilines is 2. The average Bonchev–Trinajstić information content (AvgIpc) is 3.05. The van der Waals surface area contributed by atoms with Crippen molar-refractivity contribution in [3.63, 3.8) is 0 Å². The Kier molecular flexibility index (Phi) is 6.81. The predicted octanol–water partition coefficient (Wildman–Crippen LogP) is 5.14. The fraction of sp³-hybridized carbons (Fsp3) is 0.464. The SMILES string of the molecule is Cc1nnc(N[C@H](C)c2cccc(C(F)F)c2F)c2cc3c(cc12)C(C)(C)C(=O)N3C[C@@H]1CN(C)CCO1. The first-order valence-corrected chi connectivity index (χ1v) is 12.8. The van der Waals surface area contributed by atoms with Crippen molar-refractivity contribution in [1.29, 1.82) is 0 Å². The molecular weight excluding hydrogens is 495 g/mol. The minimum absolute atomic E-state index is 0.00744. The zero-order valence-corrected chi connectivity index (χ0v) is 22.2. The number of aromatic nitrogens is 2. The predicted molar refractivity (Wildman–Crippen MR) is 140 cm³/mol. The maximum atomic E-state index is 14.8. The topological polar surface area (TPSA) is 70.6 Å². The molecule has 202 valence electrons. The molecule has 0 spiro atoms. The second kappa shape index (κ2) is 9.81. The van der Waals surface area contributed by atoms with Crippen molar-refractivity contribution in [2.75, 3.05) is 43.5 Å². The van der Waals surface area contributed by atoms with E-state index in [1.165, 1.54) is 12.1 Å².